The van der Waals surface area contributed by atoms with Crippen molar-refractivity contribution >= 4 is 29.0 Å². The van der Waals surface area contributed by atoms with Crippen LogP contribution in [0.2, 0.25) is 10.0 Å². The SMILES string of the molecule is CC(c1ccc(Cl)cc1)C(C(=O)c1ccc(Cl)cc1)n1ccnc1. The number of nitrogens with zero attached hydrogens (tertiary/aromatic N) is 2. The highest BCUT2D eigenvalue weighted by atomic mass is 35.5. The molecule has 122 valence electrons. The van der Waals surface area contributed by atoms with Crippen LogP contribution in [0.5, 0.6) is 0 Å². The Morgan fingerprint density at radius 3 is 2.12 bits per heavy atom. The molecule has 1 aromatic heterocycles. The molecule has 2 aromatic carbocycles. The Labute approximate surface area is 150 Å². The molecule has 0 aliphatic carbocycles. The first-order valence-corrected chi connectivity index (χ1v) is 8.34. The molecule has 0 spiro atoms. The van der Waals surface area contributed by atoms with E-state index in [4.69, 9.17) is 23.2 Å². The number of hydrogen-bond donors (Lipinski definition) is 0. The molecular formula is C19H16Cl2N2O. The fraction of sp³-hybridized carbons (Fsp3) is 0.158. The molecule has 0 amide bonds. The molecular weight excluding hydrogens is 343 g/mol. The van der Waals surface area contributed by atoms with Gasteiger partial charge in [0.1, 0.15) is 6.04 Å². The maximum atomic E-state index is 13.1. The van der Waals surface area contributed by atoms with Crippen molar-refractivity contribution in [3.8, 4) is 0 Å². The van der Waals surface area contributed by atoms with Crippen molar-refractivity contribution in [1.29, 1.82) is 0 Å². The monoisotopic (exact) mass is 358 g/mol. The Hall–Kier alpha value is -2.10. The lowest BCUT2D eigenvalue weighted by atomic mass is 9.88. The molecule has 0 fully saturated rings. The molecule has 3 nitrogen and oxygen atoms in total. The van der Waals surface area contributed by atoms with Crippen LogP contribution in [0.3, 0.4) is 0 Å². The van der Waals surface area contributed by atoms with E-state index in [1.807, 2.05) is 42.0 Å². The van der Waals surface area contributed by atoms with Crippen LogP contribution in [0.4, 0.5) is 0 Å². The van der Waals surface area contributed by atoms with Gasteiger partial charge in [0.05, 0.1) is 6.33 Å². The summed E-state index contributed by atoms with van der Waals surface area (Å²) in [7, 11) is 0. The first-order chi connectivity index (χ1) is 11.6. The fourth-order valence-corrected chi connectivity index (χ4v) is 3.04. The highest BCUT2D eigenvalue weighted by Gasteiger charge is 2.28. The van der Waals surface area contributed by atoms with Crippen LogP contribution in [-0.2, 0) is 0 Å². The van der Waals surface area contributed by atoms with Gasteiger partial charge in [0.15, 0.2) is 5.78 Å². The number of hydrogen-bond acceptors (Lipinski definition) is 2. The summed E-state index contributed by atoms with van der Waals surface area (Å²) in [5.41, 5.74) is 1.67. The number of rotatable bonds is 5. The van der Waals surface area contributed by atoms with Crippen molar-refractivity contribution in [2.45, 2.75) is 18.9 Å². The van der Waals surface area contributed by atoms with Crippen molar-refractivity contribution in [1.82, 2.24) is 9.55 Å². The van der Waals surface area contributed by atoms with Gasteiger partial charge in [-0.3, -0.25) is 4.79 Å². The average molecular weight is 359 g/mol. The van der Waals surface area contributed by atoms with Gasteiger partial charge in [-0.1, -0.05) is 42.3 Å². The Morgan fingerprint density at radius 1 is 1.00 bits per heavy atom. The summed E-state index contributed by atoms with van der Waals surface area (Å²) >= 11 is 11.9. The summed E-state index contributed by atoms with van der Waals surface area (Å²) in [6.07, 6.45) is 5.16. The number of halogens is 2. The van der Waals surface area contributed by atoms with Crippen LogP contribution in [-0.4, -0.2) is 15.3 Å². The maximum Gasteiger partial charge on any atom is 0.186 e. The van der Waals surface area contributed by atoms with E-state index in [-0.39, 0.29) is 11.7 Å². The van der Waals surface area contributed by atoms with E-state index in [9.17, 15) is 4.79 Å². The van der Waals surface area contributed by atoms with Gasteiger partial charge in [-0.25, -0.2) is 4.98 Å². The number of Topliss-reactive ketones (excluding diaryl/α,β-unsaturated/α-hetero) is 1. The van der Waals surface area contributed by atoms with E-state index in [1.54, 1.807) is 36.8 Å². The molecule has 0 bridgehead atoms. The standard InChI is InChI=1S/C19H16Cl2N2O/c1-13(14-2-6-16(20)7-3-14)18(23-11-10-22-12-23)19(24)15-4-8-17(21)9-5-15/h2-13,18H,1H3. The normalized spacial score (nSPS) is 13.5. The molecule has 0 aliphatic rings. The molecule has 2 unspecified atom stereocenters. The molecule has 0 aliphatic heterocycles. The Balaban J connectivity index is 1.99. The van der Waals surface area contributed by atoms with Gasteiger partial charge in [-0.15, -0.1) is 0 Å². The minimum atomic E-state index is -0.394. The number of ketones is 1. The predicted molar refractivity (Wildman–Crippen MR) is 96.9 cm³/mol. The number of benzene rings is 2. The summed E-state index contributed by atoms with van der Waals surface area (Å²) in [5.74, 6) is -0.0215. The molecule has 24 heavy (non-hydrogen) atoms. The van der Waals surface area contributed by atoms with Gasteiger partial charge in [0.2, 0.25) is 0 Å². The lowest BCUT2D eigenvalue weighted by molar-refractivity contribution is 0.0910. The average Bonchev–Trinajstić information content (AvgIpc) is 3.10. The number of aromatic nitrogens is 2. The Bertz CT molecular complexity index is 812. The minimum Gasteiger partial charge on any atom is -0.326 e. The van der Waals surface area contributed by atoms with Crippen molar-refractivity contribution in [3.63, 3.8) is 0 Å². The van der Waals surface area contributed by atoms with Crippen molar-refractivity contribution in [2.75, 3.05) is 0 Å². The summed E-state index contributed by atoms with van der Waals surface area (Å²) in [5, 5.41) is 1.28. The number of carbonyl (C=O) groups excluding carboxylic acids is 1. The van der Waals surface area contributed by atoms with Gasteiger partial charge < -0.3 is 4.57 Å². The van der Waals surface area contributed by atoms with Crippen LogP contribution < -0.4 is 0 Å². The van der Waals surface area contributed by atoms with Crippen LogP contribution in [0.25, 0.3) is 0 Å². The second-order valence-electron chi connectivity index (χ2n) is 5.67. The van der Waals surface area contributed by atoms with Crippen LogP contribution >= 0.6 is 23.2 Å². The summed E-state index contributed by atoms with van der Waals surface area (Å²) < 4.78 is 1.84. The molecule has 2 atom stereocenters. The van der Waals surface area contributed by atoms with E-state index in [1.165, 1.54) is 0 Å². The number of imidazole rings is 1. The van der Waals surface area contributed by atoms with Gasteiger partial charge in [-0.2, -0.15) is 0 Å². The van der Waals surface area contributed by atoms with Crippen molar-refractivity contribution in [2.24, 2.45) is 0 Å². The van der Waals surface area contributed by atoms with E-state index in [0.29, 0.717) is 15.6 Å². The zero-order chi connectivity index (χ0) is 17.1. The van der Waals surface area contributed by atoms with E-state index < -0.39 is 6.04 Å². The molecule has 0 saturated carbocycles. The van der Waals surface area contributed by atoms with Crippen molar-refractivity contribution < 1.29 is 4.79 Å². The quantitative estimate of drug-likeness (QED) is 0.571. The second kappa shape index (κ2) is 7.20. The van der Waals surface area contributed by atoms with Crippen LogP contribution in [0, 0.1) is 0 Å². The fourth-order valence-electron chi connectivity index (χ4n) is 2.79. The van der Waals surface area contributed by atoms with Gasteiger partial charge in [-0.05, 0) is 42.0 Å². The summed E-state index contributed by atoms with van der Waals surface area (Å²) in [6, 6.07) is 14.1. The molecule has 0 radical (unpaired) electrons. The Kier molecular flexibility index (Phi) is 5.03. The largest absolute Gasteiger partial charge is 0.326 e. The lowest BCUT2D eigenvalue weighted by Gasteiger charge is -2.25. The third-order valence-corrected chi connectivity index (χ3v) is 4.62. The van der Waals surface area contributed by atoms with Gasteiger partial charge >= 0.3 is 0 Å². The molecule has 5 heteroatoms. The van der Waals surface area contributed by atoms with E-state index >= 15 is 0 Å². The molecule has 3 aromatic rings. The van der Waals surface area contributed by atoms with Gasteiger partial charge in [0, 0.05) is 33.9 Å². The highest BCUT2D eigenvalue weighted by molar-refractivity contribution is 6.30. The Morgan fingerprint density at radius 2 is 1.58 bits per heavy atom. The lowest BCUT2D eigenvalue weighted by Crippen LogP contribution is -2.24. The maximum absolute atomic E-state index is 13.1. The van der Waals surface area contributed by atoms with E-state index in [0.717, 1.165) is 5.56 Å². The van der Waals surface area contributed by atoms with Gasteiger partial charge in [0.25, 0.3) is 0 Å². The molecule has 3 rings (SSSR count). The molecule has 1 heterocycles. The zero-order valence-corrected chi connectivity index (χ0v) is 14.6. The first-order valence-electron chi connectivity index (χ1n) is 7.59. The summed E-state index contributed by atoms with van der Waals surface area (Å²) in [6.45, 7) is 2.03. The minimum absolute atomic E-state index is 0.0205. The number of carbonyl (C=O) groups is 1. The van der Waals surface area contributed by atoms with Crippen LogP contribution in [0.15, 0.2) is 67.3 Å². The summed E-state index contributed by atoms with van der Waals surface area (Å²) in [4.78, 5) is 17.2. The van der Waals surface area contributed by atoms with E-state index in [2.05, 4.69) is 4.98 Å². The molecule has 0 N–H and O–H groups in total. The topological polar surface area (TPSA) is 34.9 Å². The molecule has 0 saturated heterocycles. The third kappa shape index (κ3) is 3.53. The smallest absolute Gasteiger partial charge is 0.186 e. The highest BCUT2D eigenvalue weighted by Crippen LogP contribution is 2.32. The zero-order valence-electron chi connectivity index (χ0n) is 13.1. The first kappa shape index (κ1) is 16.7. The van der Waals surface area contributed by atoms with Crippen LogP contribution in [0.1, 0.15) is 34.8 Å². The second-order valence-corrected chi connectivity index (χ2v) is 6.54. The van der Waals surface area contributed by atoms with Crippen molar-refractivity contribution in [3.05, 3.63) is 88.4 Å². The third-order valence-electron chi connectivity index (χ3n) is 4.11. The predicted octanol–water partition coefficient (Wildman–Crippen LogP) is 5.42.